The molecule has 1 amide bonds. The summed E-state index contributed by atoms with van der Waals surface area (Å²) < 4.78 is 28.9. The van der Waals surface area contributed by atoms with Gasteiger partial charge in [0.1, 0.15) is 0 Å². The van der Waals surface area contributed by atoms with Gasteiger partial charge < -0.3 is 5.32 Å². The lowest BCUT2D eigenvalue weighted by molar-refractivity contribution is 0.102. The minimum Gasteiger partial charge on any atom is -0.322 e. The minimum absolute atomic E-state index is 0.0129. The molecule has 1 fully saturated rings. The number of hydrogen-bond acceptors (Lipinski definition) is 3. The molecule has 3 rings (SSSR count). The summed E-state index contributed by atoms with van der Waals surface area (Å²) in [6.07, 6.45) is 2.83. The fourth-order valence-corrected chi connectivity index (χ4v) is 5.44. The van der Waals surface area contributed by atoms with Crippen molar-refractivity contribution in [2.45, 2.75) is 37.1 Å². The highest BCUT2D eigenvalue weighted by Gasteiger charge is 2.30. The van der Waals surface area contributed by atoms with E-state index in [0.717, 1.165) is 28.2 Å². The molecule has 1 aliphatic rings. The lowest BCUT2D eigenvalue weighted by Gasteiger charge is -2.32. The van der Waals surface area contributed by atoms with Crippen molar-refractivity contribution in [3.05, 3.63) is 57.0 Å². The van der Waals surface area contributed by atoms with Crippen LogP contribution in [0.2, 0.25) is 0 Å². The van der Waals surface area contributed by atoms with Gasteiger partial charge in [-0.2, -0.15) is 4.31 Å². The second kappa shape index (κ2) is 8.43. The van der Waals surface area contributed by atoms with Crippen molar-refractivity contribution in [2.75, 3.05) is 11.9 Å². The van der Waals surface area contributed by atoms with Crippen LogP contribution < -0.4 is 5.32 Å². The molecule has 1 saturated heterocycles. The first kappa shape index (κ1) is 20.5. The van der Waals surface area contributed by atoms with Crippen LogP contribution in [-0.4, -0.2) is 31.2 Å². The van der Waals surface area contributed by atoms with Crippen LogP contribution in [0.3, 0.4) is 0 Å². The number of sulfonamides is 1. The van der Waals surface area contributed by atoms with Crippen LogP contribution in [-0.2, 0) is 10.0 Å². The van der Waals surface area contributed by atoms with E-state index in [0.29, 0.717) is 17.8 Å². The minimum atomic E-state index is -3.51. The quantitative estimate of drug-likeness (QED) is 0.621. The van der Waals surface area contributed by atoms with Crippen molar-refractivity contribution in [2.24, 2.45) is 0 Å². The number of amides is 1. The highest BCUT2D eigenvalue weighted by molar-refractivity contribution is 9.13. The number of hydrogen-bond donors (Lipinski definition) is 1. The zero-order chi connectivity index (χ0) is 19.6. The van der Waals surface area contributed by atoms with Crippen LogP contribution in [0.1, 0.15) is 36.5 Å². The van der Waals surface area contributed by atoms with Gasteiger partial charge in [-0.05, 0) is 94.1 Å². The third kappa shape index (κ3) is 4.62. The summed E-state index contributed by atoms with van der Waals surface area (Å²) in [5.41, 5.74) is 1.05. The smallest absolute Gasteiger partial charge is 0.255 e. The predicted octanol–water partition coefficient (Wildman–Crippen LogP) is 5.03. The van der Waals surface area contributed by atoms with E-state index in [1.54, 1.807) is 46.8 Å². The second-order valence-electron chi connectivity index (χ2n) is 6.57. The molecule has 1 heterocycles. The Bertz CT molecular complexity index is 946. The molecule has 27 heavy (non-hydrogen) atoms. The molecule has 0 aromatic heterocycles. The van der Waals surface area contributed by atoms with Gasteiger partial charge in [-0.1, -0.05) is 6.42 Å². The van der Waals surface area contributed by atoms with Gasteiger partial charge in [-0.3, -0.25) is 4.79 Å². The van der Waals surface area contributed by atoms with Crippen molar-refractivity contribution in [3.8, 4) is 0 Å². The summed E-state index contributed by atoms with van der Waals surface area (Å²) in [6.45, 7) is 2.50. The number of carbonyl (C=O) groups is 1. The van der Waals surface area contributed by atoms with E-state index in [-0.39, 0.29) is 16.8 Å². The van der Waals surface area contributed by atoms with Crippen molar-refractivity contribution in [3.63, 3.8) is 0 Å². The summed E-state index contributed by atoms with van der Waals surface area (Å²) >= 11 is 6.74. The zero-order valence-corrected chi connectivity index (χ0v) is 18.8. The Morgan fingerprint density at radius 3 is 2.41 bits per heavy atom. The monoisotopic (exact) mass is 514 g/mol. The van der Waals surface area contributed by atoms with Gasteiger partial charge in [-0.25, -0.2) is 8.42 Å². The van der Waals surface area contributed by atoms with E-state index < -0.39 is 10.0 Å². The van der Waals surface area contributed by atoms with Crippen LogP contribution in [0.5, 0.6) is 0 Å². The Hall–Kier alpha value is -1.22. The van der Waals surface area contributed by atoms with Crippen LogP contribution in [0.15, 0.2) is 56.3 Å². The summed E-state index contributed by atoms with van der Waals surface area (Å²) in [4.78, 5) is 12.6. The first-order valence-corrected chi connectivity index (χ1v) is 11.7. The van der Waals surface area contributed by atoms with E-state index >= 15 is 0 Å². The molecule has 0 unspecified atom stereocenters. The normalized spacial score (nSPS) is 18.3. The average Bonchev–Trinajstić information content (AvgIpc) is 2.64. The maximum Gasteiger partial charge on any atom is 0.255 e. The van der Waals surface area contributed by atoms with Crippen LogP contribution in [0.4, 0.5) is 5.69 Å². The Labute approximate surface area is 176 Å². The molecule has 0 spiro atoms. The lowest BCUT2D eigenvalue weighted by Crippen LogP contribution is -2.41. The van der Waals surface area contributed by atoms with E-state index in [2.05, 4.69) is 37.2 Å². The van der Waals surface area contributed by atoms with Crippen molar-refractivity contribution in [1.82, 2.24) is 4.31 Å². The number of halogens is 2. The highest BCUT2D eigenvalue weighted by Crippen LogP contribution is 2.27. The fourth-order valence-electron chi connectivity index (χ4n) is 3.12. The Kier molecular flexibility index (Phi) is 6.40. The number of anilines is 1. The lowest BCUT2D eigenvalue weighted by atomic mass is 10.1. The molecule has 0 bridgehead atoms. The zero-order valence-electron chi connectivity index (χ0n) is 14.8. The van der Waals surface area contributed by atoms with Crippen molar-refractivity contribution >= 4 is 53.5 Å². The first-order chi connectivity index (χ1) is 12.8. The van der Waals surface area contributed by atoms with Crippen molar-refractivity contribution in [1.29, 1.82) is 0 Å². The maximum absolute atomic E-state index is 12.9. The second-order valence-corrected chi connectivity index (χ2v) is 10.2. The van der Waals surface area contributed by atoms with E-state index in [9.17, 15) is 13.2 Å². The van der Waals surface area contributed by atoms with Crippen LogP contribution in [0, 0.1) is 0 Å². The molecule has 2 aromatic carbocycles. The number of rotatable bonds is 4. The molecule has 2 aromatic rings. The van der Waals surface area contributed by atoms with Gasteiger partial charge in [-0.15, -0.1) is 0 Å². The Morgan fingerprint density at radius 2 is 1.78 bits per heavy atom. The van der Waals surface area contributed by atoms with E-state index in [1.165, 1.54) is 0 Å². The first-order valence-electron chi connectivity index (χ1n) is 8.67. The molecule has 8 heteroatoms. The Balaban J connectivity index is 1.75. The highest BCUT2D eigenvalue weighted by atomic mass is 79.9. The summed E-state index contributed by atoms with van der Waals surface area (Å²) in [5.74, 6) is -0.261. The number of benzene rings is 2. The van der Waals surface area contributed by atoms with Crippen LogP contribution in [0.25, 0.3) is 0 Å². The number of carbonyl (C=O) groups excluding carboxylic acids is 1. The number of piperidine rings is 1. The van der Waals surface area contributed by atoms with E-state index in [4.69, 9.17) is 0 Å². The van der Waals surface area contributed by atoms with Gasteiger partial charge in [0.15, 0.2) is 0 Å². The fraction of sp³-hybridized carbons (Fsp3) is 0.316. The van der Waals surface area contributed by atoms with E-state index in [1.807, 2.05) is 6.92 Å². The van der Waals surface area contributed by atoms with Crippen LogP contribution >= 0.6 is 31.9 Å². The van der Waals surface area contributed by atoms with Gasteiger partial charge >= 0.3 is 0 Å². The summed E-state index contributed by atoms with van der Waals surface area (Å²) in [7, 11) is -3.51. The van der Waals surface area contributed by atoms with Gasteiger partial charge in [0, 0.05) is 32.8 Å². The molecule has 5 nitrogen and oxygen atoms in total. The predicted molar refractivity (Wildman–Crippen MR) is 113 cm³/mol. The van der Waals surface area contributed by atoms with Gasteiger partial charge in [0.05, 0.1) is 4.90 Å². The third-order valence-corrected chi connectivity index (χ3v) is 8.55. The Morgan fingerprint density at radius 1 is 1.07 bits per heavy atom. The SMILES string of the molecule is C[C@H]1CCCCN1S(=O)(=O)c1ccc(NC(=O)c2ccc(Br)c(Br)c2)cc1. The topological polar surface area (TPSA) is 66.5 Å². The third-order valence-electron chi connectivity index (χ3n) is 4.64. The number of nitrogens with zero attached hydrogens (tertiary/aromatic N) is 1. The molecule has 0 radical (unpaired) electrons. The molecule has 1 aliphatic heterocycles. The molecular formula is C19H20Br2N2O3S. The molecule has 1 N–H and O–H groups in total. The molecule has 0 aliphatic carbocycles. The number of nitrogens with one attached hydrogen (secondary N) is 1. The molecule has 144 valence electrons. The maximum atomic E-state index is 12.9. The van der Waals surface area contributed by atoms with Gasteiger partial charge in [0.25, 0.3) is 5.91 Å². The van der Waals surface area contributed by atoms with Gasteiger partial charge in [0.2, 0.25) is 10.0 Å². The summed E-state index contributed by atoms with van der Waals surface area (Å²) in [5, 5.41) is 2.79. The standard InChI is InChI=1S/C19H20Br2N2O3S/c1-13-4-2-3-11-23(13)27(25,26)16-8-6-15(7-9-16)22-19(24)14-5-10-17(20)18(21)12-14/h5-10,12-13H,2-4,11H2,1H3,(H,22,24)/t13-/m0/s1. The summed E-state index contributed by atoms with van der Waals surface area (Å²) in [6, 6.07) is 11.6. The molecule has 0 saturated carbocycles. The molecular weight excluding hydrogens is 496 g/mol. The average molecular weight is 516 g/mol. The largest absolute Gasteiger partial charge is 0.322 e. The van der Waals surface area contributed by atoms with Crippen molar-refractivity contribution < 1.29 is 13.2 Å². The molecule has 1 atom stereocenters.